The first-order valence-electron chi connectivity index (χ1n) is 4.57. The lowest BCUT2D eigenvalue weighted by atomic mass is 10.3. The van der Waals surface area contributed by atoms with Crippen molar-refractivity contribution in [3.05, 3.63) is 42.0 Å². The van der Waals surface area contributed by atoms with Crippen LogP contribution < -0.4 is 4.74 Å². The zero-order valence-corrected chi connectivity index (χ0v) is 8.49. The highest BCUT2D eigenvalue weighted by molar-refractivity contribution is 5.73. The van der Waals surface area contributed by atoms with E-state index in [1.165, 1.54) is 0 Å². The number of carbonyl (C=O) groups is 1. The van der Waals surface area contributed by atoms with Crippen LogP contribution in [0.1, 0.15) is 20.3 Å². The second kappa shape index (κ2) is 5.22. The van der Waals surface area contributed by atoms with Gasteiger partial charge in [0.1, 0.15) is 5.75 Å². The second-order valence-corrected chi connectivity index (χ2v) is 3.27. The SMILES string of the molecule is CC(C)=CCC(=O)Oc1ccccc1. The number of benzene rings is 1. The number of hydrogen-bond donors (Lipinski definition) is 0. The van der Waals surface area contributed by atoms with Crippen LogP contribution in [0, 0.1) is 0 Å². The number of rotatable bonds is 3. The van der Waals surface area contributed by atoms with Gasteiger partial charge in [-0.25, -0.2) is 0 Å². The summed E-state index contributed by atoms with van der Waals surface area (Å²) in [5, 5.41) is 0. The Morgan fingerprint density at radius 1 is 1.29 bits per heavy atom. The molecule has 0 radical (unpaired) electrons. The number of ether oxygens (including phenoxy) is 1. The molecule has 1 rings (SSSR count). The fraction of sp³-hybridized carbons (Fsp3) is 0.250. The summed E-state index contributed by atoms with van der Waals surface area (Å²) in [6.45, 7) is 3.91. The summed E-state index contributed by atoms with van der Waals surface area (Å²) in [5.74, 6) is 0.372. The smallest absolute Gasteiger partial charge is 0.315 e. The fourth-order valence-electron chi connectivity index (χ4n) is 0.949. The van der Waals surface area contributed by atoms with Gasteiger partial charge in [-0.1, -0.05) is 29.8 Å². The van der Waals surface area contributed by atoms with Crippen LogP contribution in [0.2, 0.25) is 0 Å². The van der Waals surface area contributed by atoms with Gasteiger partial charge < -0.3 is 4.74 Å². The van der Waals surface area contributed by atoms with Crippen molar-refractivity contribution in [2.75, 3.05) is 0 Å². The largest absolute Gasteiger partial charge is 0.426 e. The molecule has 1 aromatic carbocycles. The van der Waals surface area contributed by atoms with Crippen LogP contribution >= 0.6 is 0 Å². The lowest BCUT2D eigenvalue weighted by Crippen LogP contribution is -2.06. The third kappa shape index (κ3) is 3.90. The summed E-state index contributed by atoms with van der Waals surface area (Å²) in [4.78, 5) is 11.3. The van der Waals surface area contributed by atoms with Gasteiger partial charge in [-0.05, 0) is 26.0 Å². The van der Waals surface area contributed by atoms with E-state index in [0.29, 0.717) is 12.2 Å². The quantitative estimate of drug-likeness (QED) is 0.416. The summed E-state index contributed by atoms with van der Waals surface area (Å²) in [7, 11) is 0. The standard InChI is InChI=1S/C12H14O2/c1-10(2)8-9-12(13)14-11-6-4-3-5-7-11/h3-8H,9H2,1-2H3. The summed E-state index contributed by atoms with van der Waals surface area (Å²) >= 11 is 0. The minimum Gasteiger partial charge on any atom is -0.426 e. The van der Waals surface area contributed by atoms with E-state index in [0.717, 1.165) is 5.57 Å². The fourth-order valence-corrected chi connectivity index (χ4v) is 0.949. The van der Waals surface area contributed by atoms with Crippen LogP contribution in [-0.4, -0.2) is 5.97 Å². The summed E-state index contributed by atoms with van der Waals surface area (Å²) < 4.78 is 5.08. The highest BCUT2D eigenvalue weighted by Gasteiger charge is 2.00. The molecule has 1 aromatic rings. The Hall–Kier alpha value is -1.57. The van der Waals surface area contributed by atoms with Gasteiger partial charge in [0.15, 0.2) is 0 Å². The number of esters is 1. The van der Waals surface area contributed by atoms with E-state index in [4.69, 9.17) is 4.74 Å². The van der Waals surface area contributed by atoms with Gasteiger partial charge in [0.2, 0.25) is 0 Å². The molecular weight excluding hydrogens is 176 g/mol. The Morgan fingerprint density at radius 3 is 2.50 bits per heavy atom. The number of carbonyl (C=O) groups excluding carboxylic acids is 1. The predicted molar refractivity (Wildman–Crippen MR) is 56.1 cm³/mol. The topological polar surface area (TPSA) is 26.3 Å². The number of allylic oxidation sites excluding steroid dienone is 1. The first-order chi connectivity index (χ1) is 6.68. The van der Waals surface area contributed by atoms with Crippen LogP contribution in [0.3, 0.4) is 0 Å². The highest BCUT2D eigenvalue weighted by atomic mass is 16.5. The molecule has 0 saturated heterocycles. The van der Waals surface area contributed by atoms with Crippen molar-refractivity contribution in [2.24, 2.45) is 0 Å². The Bertz CT molecular complexity index is 321. The molecule has 0 aromatic heterocycles. The van der Waals surface area contributed by atoms with Crippen molar-refractivity contribution in [3.63, 3.8) is 0 Å². The molecular formula is C12H14O2. The zero-order chi connectivity index (χ0) is 10.4. The molecule has 74 valence electrons. The molecule has 0 bridgehead atoms. The predicted octanol–water partition coefficient (Wildman–Crippen LogP) is 2.95. The first kappa shape index (κ1) is 10.5. The molecule has 0 saturated carbocycles. The maximum absolute atomic E-state index is 11.3. The second-order valence-electron chi connectivity index (χ2n) is 3.27. The molecule has 0 fully saturated rings. The van der Waals surface area contributed by atoms with Gasteiger partial charge in [0.05, 0.1) is 6.42 Å². The molecule has 0 aliphatic carbocycles. The Labute approximate surface area is 84.2 Å². The Kier molecular flexibility index (Phi) is 3.92. The molecule has 2 heteroatoms. The lowest BCUT2D eigenvalue weighted by molar-refractivity contribution is -0.133. The molecule has 0 spiro atoms. The number of para-hydroxylation sites is 1. The third-order valence-electron chi connectivity index (χ3n) is 1.65. The zero-order valence-electron chi connectivity index (χ0n) is 8.49. The van der Waals surface area contributed by atoms with Gasteiger partial charge >= 0.3 is 5.97 Å². The minimum absolute atomic E-state index is 0.225. The van der Waals surface area contributed by atoms with Gasteiger partial charge in [0.25, 0.3) is 0 Å². The van der Waals surface area contributed by atoms with E-state index in [1.807, 2.05) is 38.1 Å². The molecule has 0 N–H and O–H groups in total. The van der Waals surface area contributed by atoms with Crippen molar-refractivity contribution in [3.8, 4) is 5.75 Å². The van der Waals surface area contributed by atoms with Crippen LogP contribution in [0.4, 0.5) is 0 Å². The average molecular weight is 190 g/mol. The third-order valence-corrected chi connectivity index (χ3v) is 1.65. The maximum Gasteiger partial charge on any atom is 0.315 e. The van der Waals surface area contributed by atoms with E-state index in [9.17, 15) is 4.79 Å². The molecule has 0 aliphatic heterocycles. The summed E-state index contributed by atoms with van der Waals surface area (Å²) in [6, 6.07) is 9.08. The molecule has 14 heavy (non-hydrogen) atoms. The van der Waals surface area contributed by atoms with Crippen molar-refractivity contribution >= 4 is 5.97 Å². The van der Waals surface area contributed by atoms with Gasteiger partial charge in [-0.15, -0.1) is 0 Å². The van der Waals surface area contributed by atoms with Crippen molar-refractivity contribution in [2.45, 2.75) is 20.3 Å². The normalized spacial score (nSPS) is 9.29. The summed E-state index contributed by atoms with van der Waals surface area (Å²) in [6.07, 6.45) is 2.18. The van der Waals surface area contributed by atoms with Crippen LogP contribution in [0.15, 0.2) is 42.0 Å². The molecule has 0 aliphatic rings. The highest BCUT2D eigenvalue weighted by Crippen LogP contribution is 2.09. The maximum atomic E-state index is 11.3. The molecule has 0 atom stereocenters. The monoisotopic (exact) mass is 190 g/mol. The van der Waals surface area contributed by atoms with Crippen molar-refractivity contribution in [1.82, 2.24) is 0 Å². The van der Waals surface area contributed by atoms with E-state index in [-0.39, 0.29) is 5.97 Å². The van der Waals surface area contributed by atoms with Crippen LogP contribution in [0.5, 0.6) is 5.75 Å². The summed E-state index contributed by atoms with van der Waals surface area (Å²) in [5.41, 5.74) is 1.12. The van der Waals surface area contributed by atoms with Crippen molar-refractivity contribution < 1.29 is 9.53 Å². The van der Waals surface area contributed by atoms with Gasteiger partial charge in [0, 0.05) is 0 Å². The number of hydrogen-bond acceptors (Lipinski definition) is 2. The Morgan fingerprint density at radius 2 is 1.93 bits per heavy atom. The van der Waals surface area contributed by atoms with Crippen LogP contribution in [-0.2, 0) is 4.79 Å². The molecule has 0 unspecified atom stereocenters. The van der Waals surface area contributed by atoms with E-state index < -0.39 is 0 Å². The minimum atomic E-state index is -0.225. The van der Waals surface area contributed by atoms with Crippen LogP contribution in [0.25, 0.3) is 0 Å². The average Bonchev–Trinajstić information content (AvgIpc) is 2.16. The van der Waals surface area contributed by atoms with E-state index in [1.54, 1.807) is 12.1 Å². The lowest BCUT2D eigenvalue weighted by Gasteiger charge is -2.01. The Balaban J connectivity index is 2.46. The van der Waals surface area contributed by atoms with Gasteiger partial charge in [-0.2, -0.15) is 0 Å². The van der Waals surface area contributed by atoms with E-state index in [2.05, 4.69) is 0 Å². The molecule has 0 amide bonds. The first-order valence-corrected chi connectivity index (χ1v) is 4.57. The van der Waals surface area contributed by atoms with E-state index >= 15 is 0 Å². The van der Waals surface area contributed by atoms with Crippen molar-refractivity contribution in [1.29, 1.82) is 0 Å². The van der Waals surface area contributed by atoms with Gasteiger partial charge in [-0.3, -0.25) is 4.79 Å². The molecule has 2 nitrogen and oxygen atoms in total. The molecule has 0 heterocycles.